The number of aromatic nitrogens is 1. The van der Waals surface area contributed by atoms with Gasteiger partial charge in [0.15, 0.2) is 0 Å². The molecule has 0 radical (unpaired) electrons. The fraction of sp³-hybridized carbons (Fsp3) is 0.0333. The number of nitrogens with zero attached hydrogens (tertiary/aromatic N) is 1. The number of rotatable bonds is 6. The first kappa shape index (κ1) is 25.7. The summed E-state index contributed by atoms with van der Waals surface area (Å²) in [5.41, 5.74) is 7.15. The van der Waals surface area contributed by atoms with E-state index in [1.807, 2.05) is 49.4 Å². The lowest BCUT2D eigenvalue weighted by molar-refractivity contribution is 0.0734. The van der Waals surface area contributed by atoms with Crippen LogP contribution in [0.2, 0.25) is 5.02 Å². The predicted octanol–water partition coefficient (Wildman–Crippen LogP) is 7.38. The summed E-state index contributed by atoms with van der Waals surface area (Å²) in [5.74, 6) is -0.582. The third-order valence-electron chi connectivity index (χ3n) is 5.90. The number of hydrazone groups is 1. The van der Waals surface area contributed by atoms with Gasteiger partial charge in [0.25, 0.3) is 5.91 Å². The van der Waals surface area contributed by atoms with Gasteiger partial charge in [0, 0.05) is 30.7 Å². The molecule has 0 fully saturated rings. The fourth-order valence-electron chi connectivity index (χ4n) is 4.12. The van der Waals surface area contributed by atoms with Crippen LogP contribution in [0, 0.1) is 10.5 Å². The van der Waals surface area contributed by atoms with Gasteiger partial charge in [-0.05, 0) is 65.9 Å². The second-order valence-electron chi connectivity index (χ2n) is 8.51. The lowest BCUT2D eigenvalue weighted by Gasteiger charge is -2.08. The summed E-state index contributed by atoms with van der Waals surface area (Å²) >= 11 is 8.74. The number of amides is 1. The van der Waals surface area contributed by atoms with Crippen molar-refractivity contribution in [1.82, 2.24) is 10.4 Å². The maximum atomic E-state index is 13.3. The van der Waals surface area contributed by atoms with Crippen LogP contribution in [0.25, 0.3) is 22.0 Å². The van der Waals surface area contributed by atoms with Gasteiger partial charge in [-0.15, -0.1) is 0 Å². The van der Waals surface area contributed by atoms with E-state index in [0.717, 1.165) is 25.6 Å². The molecule has 0 spiro atoms. The van der Waals surface area contributed by atoms with Crippen molar-refractivity contribution in [2.45, 2.75) is 6.92 Å². The number of para-hydroxylation sites is 2. The number of carbonyl (C=O) groups excluding carboxylic acids is 2. The Kier molecular flexibility index (Phi) is 7.57. The molecule has 5 rings (SSSR count). The number of benzene rings is 4. The Hall–Kier alpha value is -3.95. The van der Waals surface area contributed by atoms with Crippen LogP contribution in [0.3, 0.4) is 0 Å². The maximum Gasteiger partial charge on any atom is 0.343 e. The minimum atomic E-state index is -0.476. The van der Waals surface area contributed by atoms with Crippen LogP contribution in [-0.2, 0) is 0 Å². The Morgan fingerprint density at radius 1 is 0.974 bits per heavy atom. The zero-order valence-corrected chi connectivity index (χ0v) is 23.1. The molecule has 0 atom stereocenters. The molecule has 4 aromatic carbocycles. The van der Waals surface area contributed by atoms with E-state index in [-0.39, 0.29) is 0 Å². The van der Waals surface area contributed by atoms with Crippen molar-refractivity contribution in [3.63, 3.8) is 0 Å². The van der Waals surface area contributed by atoms with Gasteiger partial charge < -0.3 is 9.72 Å². The van der Waals surface area contributed by atoms with Crippen molar-refractivity contribution < 1.29 is 14.3 Å². The highest BCUT2D eigenvalue weighted by Gasteiger charge is 2.21. The molecule has 1 amide bonds. The number of hydrogen-bond donors (Lipinski definition) is 2. The van der Waals surface area contributed by atoms with Gasteiger partial charge in [0.2, 0.25) is 0 Å². The standard InChI is InChI=1S/C30H21ClIN3O3/c1-18-8-6-10-19(16-18)30(37)38-25-15-5-2-9-20(25)17-33-35-29(36)28-26(21-11-3-4-13-23(21)31)22-12-7-14-24(32)27(22)34-28/h2-17,34H,1H3,(H,35,36). The van der Waals surface area contributed by atoms with Gasteiger partial charge in [-0.25, -0.2) is 10.2 Å². The van der Waals surface area contributed by atoms with E-state index in [0.29, 0.717) is 33.2 Å². The first-order valence-electron chi connectivity index (χ1n) is 11.7. The number of nitrogens with one attached hydrogen (secondary N) is 2. The molecular formula is C30H21ClIN3O3. The van der Waals surface area contributed by atoms with Crippen molar-refractivity contribution >= 4 is 63.2 Å². The second kappa shape index (κ2) is 11.2. The third-order valence-corrected chi connectivity index (χ3v) is 7.13. The van der Waals surface area contributed by atoms with E-state index in [9.17, 15) is 9.59 Å². The second-order valence-corrected chi connectivity index (χ2v) is 10.1. The highest BCUT2D eigenvalue weighted by molar-refractivity contribution is 14.1. The number of fused-ring (bicyclic) bond motifs is 1. The average Bonchev–Trinajstić information content (AvgIpc) is 3.31. The largest absolute Gasteiger partial charge is 0.422 e. The van der Waals surface area contributed by atoms with Gasteiger partial charge in [-0.2, -0.15) is 5.10 Å². The number of esters is 1. The van der Waals surface area contributed by atoms with E-state index in [1.54, 1.807) is 48.5 Å². The van der Waals surface area contributed by atoms with E-state index < -0.39 is 11.9 Å². The number of halogens is 2. The molecule has 38 heavy (non-hydrogen) atoms. The van der Waals surface area contributed by atoms with E-state index >= 15 is 0 Å². The number of aryl methyl sites for hydroxylation is 1. The zero-order chi connectivity index (χ0) is 26.6. The molecule has 0 saturated heterocycles. The summed E-state index contributed by atoms with van der Waals surface area (Å²) in [6.45, 7) is 1.91. The minimum Gasteiger partial charge on any atom is -0.422 e. The highest BCUT2D eigenvalue weighted by Crippen LogP contribution is 2.37. The number of aromatic amines is 1. The van der Waals surface area contributed by atoms with Crippen molar-refractivity contribution in [3.05, 3.63) is 122 Å². The van der Waals surface area contributed by atoms with Crippen LogP contribution in [0.15, 0.2) is 96.1 Å². The summed E-state index contributed by atoms with van der Waals surface area (Å²) in [4.78, 5) is 29.2. The first-order chi connectivity index (χ1) is 18.4. The van der Waals surface area contributed by atoms with Crippen LogP contribution < -0.4 is 10.2 Å². The SMILES string of the molecule is Cc1cccc(C(=O)Oc2ccccc2C=NNC(=O)c2[nH]c3c(I)cccc3c2-c2ccccc2Cl)c1. The number of carbonyl (C=O) groups is 2. The van der Waals surface area contributed by atoms with Crippen LogP contribution in [0.1, 0.15) is 32.0 Å². The minimum absolute atomic E-state index is 0.328. The van der Waals surface area contributed by atoms with Crippen LogP contribution in [0.4, 0.5) is 0 Å². The van der Waals surface area contributed by atoms with Gasteiger partial charge >= 0.3 is 5.97 Å². The van der Waals surface area contributed by atoms with E-state index in [1.165, 1.54) is 6.21 Å². The van der Waals surface area contributed by atoms with Crippen molar-refractivity contribution in [2.24, 2.45) is 5.10 Å². The molecule has 0 saturated carbocycles. The quantitative estimate of drug-likeness (QED) is 0.0673. The normalized spacial score (nSPS) is 11.1. The van der Waals surface area contributed by atoms with Crippen LogP contribution in [0.5, 0.6) is 5.75 Å². The monoisotopic (exact) mass is 633 g/mol. The van der Waals surface area contributed by atoms with Gasteiger partial charge in [0.1, 0.15) is 11.4 Å². The molecule has 0 aliphatic carbocycles. The van der Waals surface area contributed by atoms with Gasteiger partial charge in [0.05, 0.1) is 17.3 Å². The average molecular weight is 634 g/mol. The van der Waals surface area contributed by atoms with Gasteiger partial charge in [-0.1, -0.05) is 71.8 Å². The molecule has 0 unspecified atom stereocenters. The lowest BCUT2D eigenvalue weighted by atomic mass is 10.0. The zero-order valence-electron chi connectivity index (χ0n) is 20.2. The Labute approximate surface area is 237 Å². The van der Waals surface area contributed by atoms with Crippen molar-refractivity contribution in [2.75, 3.05) is 0 Å². The number of H-pyrrole nitrogens is 1. The Balaban J connectivity index is 1.42. The topological polar surface area (TPSA) is 83.5 Å². The molecule has 0 aliphatic rings. The molecule has 0 aliphatic heterocycles. The Morgan fingerprint density at radius 3 is 2.55 bits per heavy atom. The van der Waals surface area contributed by atoms with Gasteiger partial charge in [-0.3, -0.25) is 4.79 Å². The van der Waals surface area contributed by atoms with E-state index in [4.69, 9.17) is 16.3 Å². The lowest BCUT2D eigenvalue weighted by Crippen LogP contribution is -2.19. The predicted molar refractivity (Wildman–Crippen MR) is 159 cm³/mol. The molecule has 188 valence electrons. The summed E-state index contributed by atoms with van der Waals surface area (Å²) in [5, 5.41) is 5.57. The summed E-state index contributed by atoms with van der Waals surface area (Å²) in [7, 11) is 0. The number of ether oxygens (including phenoxy) is 1. The first-order valence-corrected chi connectivity index (χ1v) is 13.1. The Morgan fingerprint density at radius 2 is 1.74 bits per heavy atom. The molecule has 8 heteroatoms. The molecular weight excluding hydrogens is 613 g/mol. The molecule has 1 heterocycles. The van der Waals surface area contributed by atoms with Crippen LogP contribution >= 0.6 is 34.2 Å². The molecule has 1 aromatic heterocycles. The Bertz CT molecular complexity index is 1710. The molecule has 0 bridgehead atoms. The smallest absolute Gasteiger partial charge is 0.343 e. The fourth-order valence-corrected chi connectivity index (χ4v) is 4.99. The van der Waals surface area contributed by atoms with Crippen molar-refractivity contribution in [1.29, 1.82) is 0 Å². The molecule has 6 nitrogen and oxygen atoms in total. The van der Waals surface area contributed by atoms with E-state index in [2.05, 4.69) is 38.1 Å². The maximum absolute atomic E-state index is 13.3. The summed E-state index contributed by atoms with van der Waals surface area (Å²) in [6.07, 6.45) is 1.44. The van der Waals surface area contributed by atoms with Crippen LogP contribution in [-0.4, -0.2) is 23.1 Å². The summed E-state index contributed by atoms with van der Waals surface area (Å²) < 4.78 is 6.58. The molecule has 2 N–H and O–H groups in total. The number of hydrogen-bond acceptors (Lipinski definition) is 4. The summed E-state index contributed by atoms with van der Waals surface area (Å²) in [6, 6.07) is 27.4. The third kappa shape index (κ3) is 5.34. The highest BCUT2D eigenvalue weighted by atomic mass is 127. The molecule has 5 aromatic rings. The van der Waals surface area contributed by atoms with Crippen molar-refractivity contribution in [3.8, 4) is 16.9 Å².